The van der Waals surface area contributed by atoms with E-state index in [4.69, 9.17) is 0 Å². The zero-order valence-corrected chi connectivity index (χ0v) is 17.2. The molecular formula is C20H28N4O2S. The average molecular weight is 389 g/mol. The van der Waals surface area contributed by atoms with Crippen LogP contribution in [0.3, 0.4) is 0 Å². The third-order valence-electron chi connectivity index (χ3n) is 5.17. The average Bonchev–Trinajstić information content (AvgIpc) is 2.68. The first kappa shape index (κ1) is 19.8. The zero-order chi connectivity index (χ0) is 19.4. The highest BCUT2D eigenvalue weighted by Gasteiger charge is 2.20. The second-order valence-electron chi connectivity index (χ2n) is 7.04. The summed E-state index contributed by atoms with van der Waals surface area (Å²) in [6.45, 7) is 6.83. The van der Waals surface area contributed by atoms with Gasteiger partial charge in [-0.1, -0.05) is 18.2 Å². The fourth-order valence-electron chi connectivity index (χ4n) is 3.41. The number of nitrogens with zero attached hydrogens (tertiary/aromatic N) is 4. The van der Waals surface area contributed by atoms with Crippen LogP contribution in [-0.2, 0) is 14.1 Å². The lowest BCUT2D eigenvalue weighted by Gasteiger charge is -2.36. The van der Waals surface area contributed by atoms with Gasteiger partial charge in [-0.25, -0.2) is 4.79 Å². The molecule has 0 unspecified atom stereocenters. The van der Waals surface area contributed by atoms with Crippen LogP contribution in [0.5, 0.6) is 0 Å². The first-order valence-corrected chi connectivity index (χ1v) is 10.4. The van der Waals surface area contributed by atoms with Crippen LogP contribution in [0.2, 0.25) is 0 Å². The smallest absolute Gasteiger partial charge is 0.332 e. The minimum atomic E-state index is -0.270. The standard InChI is InChI=1S/C20H28N4O2S/c1-16-7-4-5-8-17(16)27-14-6-9-23-10-12-24(13-11-23)18-15-19(25)22(3)20(26)21(18)2/h4-5,7-8,15H,6,9-14H2,1-3H3. The molecular weight excluding hydrogens is 360 g/mol. The molecule has 1 aromatic carbocycles. The number of benzene rings is 1. The van der Waals surface area contributed by atoms with Gasteiger partial charge in [-0.2, -0.15) is 0 Å². The normalized spacial score (nSPS) is 15.3. The topological polar surface area (TPSA) is 50.5 Å². The zero-order valence-electron chi connectivity index (χ0n) is 16.4. The molecule has 0 saturated carbocycles. The van der Waals surface area contributed by atoms with Crippen LogP contribution >= 0.6 is 11.8 Å². The van der Waals surface area contributed by atoms with Crippen molar-refractivity contribution < 1.29 is 0 Å². The fraction of sp³-hybridized carbons (Fsp3) is 0.500. The van der Waals surface area contributed by atoms with Crippen LogP contribution in [0.1, 0.15) is 12.0 Å². The molecule has 3 rings (SSSR count). The maximum Gasteiger partial charge on any atom is 0.332 e. The van der Waals surface area contributed by atoms with Gasteiger partial charge in [0, 0.05) is 51.2 Å². The molecule has 0 aliphatic carbocycles. The van der Waals surface area contributed by atoms with E-state index < -0.39 is 0 Å². The van der Waals surface area contributed by atoms with Gasteiger partial charge < -0.3 is 4.90 Å². The number of piperazine rings is 1. The minimum Gasteiger partial charge on any atom is -0.355 e. The molecule has 1 aliphatic rings. The Morgan fingerprint density at radius 2 is 1.70 bits per heavy atom. The maximum atomic E-state index is 12.1. The lowest BCUT2D eigenvalue weighted by molar-refractivity contribution is 0.258. The summed E-state index contributed by atoms with van der Waals surface area (Å²) in [4.78, 5) is 30.0. The molecule has 0 spiro atoms. The van der Waals surface area contributed by atoms with Crippen molar-refractivity contribution in [1.29, 1.82) is 0 Å². The van der Waals surface area contributed by atoms with E-state index in [1.807, 2.05) is 11.8 Å². The van der Waals surface area contributed by atoms with Gasteiger partial charge in [0.2, 0.25) is 0 Å². The largest absolute Gasteiger partial charge is 0.355 e. The van der Waals surface area contributed by atoms with Gasteiger partial charge in [0.05, 0.1) is 0 Å². The summed E-state index contributed by atoms with van der Waals surface area (Å²) >= 11 is 1.93. The number of rotatable bonds is 6. The van der Waals surface area contributed by atoms with Crippen LogP contribution < -0.4 is 16.1 Å². The second kappa shape index (κ2) is 8.80. The summed E-state index contributed by atoms with van der Waals surface area (Å²) in [5, 5.41) is 0. The van der Waals surface area contributed by atoms with Gasteiger partial charge >= 0.3 is 5.69 Å². The van der Waals surface area contributed by atoms with Crippen molar-refractivity contribution in [3.05, 3.63) is 56.7 Å². The van der Waals surface area contributed by atoms with Gasteiger partial charge in [0.1, 0.15) is 5.82 Å². The predicted octanol–water partition coefficient (Wildman–Crippen LogP) is 1.70. The number of thioether (sulfide) groups is 1. The van der Waals surface area contributed by atoms with E-state index in [0.717, 1.165) is 55.3 Å². The fourth-order valence-corrected chi connectivity index (χ4v) is 4.38. The van der Waals surface area contributed by atoms with Crippen LogP contribution in [0.4, 0.5) is 5.82 Å². The highest BCUT2D eigenvalue weighted by atomic mass is 32.2. The Hall–Kier alpha value is -1.99. The SMILES string of the molecule is Cc1ccccc1SCCCN1CCN(c2cc(=O)n(C)c(=O)n2C)CC1. The Morgan fingerprint density at radius 1 is 1.00 bits per heavy atom. The van der Waals surface area contributed by atoms with E-state index in [1.54, 1.807) is 17.7 Å². The molecule has 2 heterocycles. The summed E-state index contributed by atoms with van der Waals surface area (Å²) < 4.78 is 2.71. The molecule has 0 bridgehead atoms. The molecule has 0 radical (unpaired) electrons. The van der Waals surface area contributed by atoms with Crippen LogP contribution in [0.25, 0.3) is 0 Å². The summed E-state index contributed by atoms with van der Waals surface area (Å²) in [6, 6.07) is 10.1. The molecule has 2 aromatic rings. The lowest BCUT2D eigenvalue weighted by Crippen LogP contribution is -2.49. The molecule has 0 amide bonds. The number of anilines is 1. The monoisotopic (exact) mass is 388 g/mol. The summed E-state index contributed by atoms with van der Waals surface area (Å²) in [5.74, 6) is 1.84. The Morgan fingerprint density at radius 3 is 2.41 bits per heavy atom. The van der Waals surface area contributed by atoms with E-state index >= 15 is 0 Å². The molecule has 7 heteroatoms. The number of aryl methyl sites for hydroxylation is 1. The summed E-state index contributed by atoms with van der Waals surface area (Å²) in [7, 11) is 3.24. The van der Waals surface area contributed by atoms with E-state index in [0.29, 0.717) is 0 Å². The van der Waals surface area contributed by atoms with E-state index in [1.165, 1.54) is 17.5 Å². The first-order chi connectivity index (χ1) is 13.0. The van der Waals surface area contributed by atoms with Crippen LogP contribution in [0.15, 0.2) is 44.8 Å². The van der Waals surface area contributed by atoms with Crippen LogP contribution in [-0.4, -0.2) is 52.5 Å². The number of aromatic nitrogens is 2. The van der Waals surface area contributed by atoms with Crippen molar-refractivity contribution in [2.75, 3.05) is 43.4 Å². The number of hydrogen-bond donors (Lipinski definition) is 0. The highest BCUT2D eigenvalue weighted by molar-refractivity contribution is 7.99. The molecule has 27 heavy (non-hydrogen) atoms. The molecule has 1 aromatic heterocycles. The molecule has 1 fully saturated rings. The van der Waals surface area contributed by atoms with Crippen molar-refractivity contribution in [2.45, 2.75) is 18.2 Å². The van der Waals surface area contributed by atoms with Gasteiger partial charge in [0.15, 0.2) is 0 Å². The van der Waals surface area contributed by atoms with Gasteiger partial charge in [-0.15, -0.1) is 11.8 Å². The number of hydrogen-bond acceptors (Lipinski definition) is 5. The van der Waals surface area contributed by atoms with Gasteiger partial charge in [0.25, 0.3) is 5.56 Å². The van der Waals surface area contributed by atoms with Crippen molar-refractivity contribution in [3.63, 3.8) is 0 Å². The molecule has 1 saturated heterocycles. The Bertz CT molecular complexity index is 898. The van der Waals surface area contributed by atoms with Crippen molar-refractivity contribution in [1.82, 2.24) is 14.0 Å². The summed E-state index contributed by atoms with van der Waals surface area (Å²) in [6.07, 6.45) is 1.16. The van der Waals surface area contributed by atoms with Crippen molar-refractivity contribution in [3.8, 4) is 0 Å². The van der Waals surface area contributed by atoms with Crippen molar-refractivity contribution >= 4 is 17.6 Å². The maximum absolute atomic E-state index is 12.1. The van der Waals surface area contributed by atoms with Crippen LogP contribution in [0, 0.1) is 6.92 Å². The Balaban J connectivity index is 1.48. The molecule has 6 nitrogen and oxygen atoms in total. The van der Waals surface area contributed by atoms with Gasteiger partial charge in [-0.05, 0) is 37.3 Å². The predicted molar refractivity (Wildman–Crippen MR) is 112 cm³/mol. The highest BCUT2D eigenvalue weighted by Crippen LogP contribution is 2.22. The summed E-state index contributed by atoms with van der Waals surface area (Å²) in [5.41, 5.74) is 0.827. The third-order valence-corrected chi connectivity index (χ3v) is 6.43. The Labute approximate surface area is 164 Å². The van der Waals surface area contributed by atoms with E-state index in [-0.39, 0.29) is 11.2 Å². The quantitative estimate of drug-likeness (QED) is 0.557. The van der Waals surface area contributed by atoms with E-state index in [2.05, 4.69) is 41.0 Å². The third kappa shape index (κ3) is 4.65. The first-order valence-electron chi connectivity index (χ1n) is 9.40. The van der Waals surface area contributed by atoms with Crippen molar-refractivity contribution in [2.24, 2.45) is 14.1 Å². The molecule has 0 atom stereocenters. The molecule has 146 valence electrons. The lowest BCUT2D eigenvalue weighted by atomic mass is 10.2. The Kier molecular flexibility index (Phi) is 6.44. The molecule has 1 aliphatic heterocycles. The minimum absolute atomic E-state index is 0.247. The van der Waals surface area contributed by atoms with E-state index in [9.17, 15) is 9.59 Å². The molecule has 0 N–H and O–H groups in total. The van der Waals surface area contributed by atoms with Gasteiger partial charge in [-0.3, -0.25) is 18.8 Å². The second-order valence-corrected chi connectivity index (χ2v) is 8.17.